The predicted molar refractivity (Wildman–Crippen MR) is 91.0 cm³/mol. The van der Waals surface area contributed by atoms with Crippen LogP contribution in [0.1, 0.15) is 11.1 Å². The highest BCUT2D eigenvalue weighted by Gasteiger charge is 2.14. The fourth-order valence-electron chi connectivity index (χ4n) is 2.76. The molecule has 0 aliphatic rings. The lowest BCUT2D eigenvalue weighted by Crippen LogP contribution is -2.03. The topological polar surface area (TPSA) is 67.4 Å². The van der Waals surface area contributed by atoms with Gasteiger partial charge in [-0.1, -0.05) is 36.4 Å². The van der Waals surface area contributed by atoms with E-state index in [1.807, 2.05) is 53.2 Å². The summed E-state index contributed by atoms with van der Waals surface area (Å²) in [6.45, 7) is 0.525. The molecule has 2 aromatic carbocycles. The van der Waals surface area contributed by atoms with Crippen molar-refractivity contribution in [2.75, 3.05) is 0 Å². The highest BCUT2D eigenvalue weighted by molar-refractivity contribution is 5.91. The normalized spacial score (nSPS) is 10.6. The van der Waals surface area contributed by atoms with E-state index in [4.69, 9.17) is 5.10 Å². The number of benzene rings is 2. The van der Waals surface area contributed by atoms with Gasteiger partial charge in [-0.2, -0.15) is 10.4 Å². The Kier molecular flexibility index (Phi) is 3.49. The van der Waals surface area contributed by atoms with Gasteiger partial charge >= 0.3 is 0 Å². The zero-order valence-electron chi connectivity index (χ0n) is 12.8. The molecule has 0 radical (unpaired) electrons. The Morgan fingerprint density at radius 1 is 0.917 bits per heavy atom. The van der Waals surface area contributed by atoms with Gasteiger partial charge < -0.3 is 0 Å². The van der Waals surface area contributed by atoms with Crippen molar-refractivity contribution in [1.82, 2.24) is 19.7 Å². The smallest absolute Gasteiger partial charge is 0.180 e. The second kappa shape index (κ2) is 5.94. The van der Waals surface area contributed by atoms with Crippen LogP contribution in [0.25, 0.3) is 22.4 Å². The van der Waals surface area contributed by atoms with Crippen LogP contribution >= 0.6 is 0 Å². The molecule has 5 nitrogen and oxygen atoms in total. The molecule has 0 atom stereocenters. The van der Waals surface area contributed by atoms with E-state index in [1.165, 1.54) is 0 Å². The Morgan fingerprint density at radius 3 is 2.50 bits per heavy atom. The van der Waals surface area contributed by atoms with Crippen molar-refractivity contribution in [3.05, 3.63) is 78.1 Å². The lowest BCUT2D eigenvalue weighted by Gasteiger charge is -2.05. The van der Waals surface area contributed by atoms with Crippen LogP contribution in [-0.2, 0) is 6.54 Å². The van der Waals surface area contributed by atoms with Gasteiger partial charge in [0.2, 0.25) is 0 Å². The van der Waals surface area contributed by atoms with Crippen molar-refractivity contribution < 1.29 is 0 Å². The Balaban J connectivity index is 1.87. The van der Waals surface area contributed by atoms with E-state index in [0.717, 1.165) is 22.2 Å². The monoisotopic (exact) mass is 311 g/mol. The highest BCUT2D eigenvalue weighted by atomic mass is 15.3. The van der Waals surface area contributed by atoms with Gasteiger partial charge in [0, 0.05) is 17.8 Å². The molecule has 0 fully saturated rings. The Bertz CT molecular complexity index is 1040. The molecule has 0 spiro atoms. The summed E-state index contributed by atoms with van der Waals surface area (Å²) in [4.78, 5) is 8.63. The molecule has 4 rings (SSSR count). The van der Waals surface area contributed by atoms with Crippen molar-refractivity contribution in [2.45, 2.75) is 6.54 Å². The molecule has 0 aliphatic carbocycles. The summed E-state index contributed by atoms with van der Waals surface area (Å²) < 4.78 is 1.90. The van der Waals surface area contributed by atoms with E-state index < -0.39 is 0 Å². The summed E-state index contributed by atoms with van der Waals surface area (Å²) in [5, 5.41) is 15.0. The average Bonchev–Trinajstić information content (AvgIpc) is 3.02. The van der Waals surface area contributed by atoms with Crippen molar-refractivity contribution in [3.63, 3.8) is 0 Å². The zero-order chi connectivity index (χ0) is 16.4. The number of aromatic nitrogens is 4. The first kappa shape index (κ1) is 14.1. The molecule has 2 aromatic heterocycles. The first-order chi connectivity index (χ1) is 11.9. The molecule has 114 valence electrons. The number of fused-ring (bicyclic) bond motifs is 1. The average molecular weight is 311 g/mol. The van der Waals surface area contributed by atoms with E-state index in [-0.39, 0.29) is 0 Å². The molecule has 2 heterocycles. The molecule has 0 N–H and O–H groups in total. The van der Waals surface area contributed by atoms with Crippen LogP contribution in [0.4, 0.5) is 0 Å². The second-order valence-electron chi connectivity index (χ2n) is 5.36. The van der Waals surface area contributed by atoms with Gasteiger partial charge in [0.25, 0.3) is 0 Å². The van der Waals surface area contributed by atoms with Crippen LogP contribution in [0, 0.1) is 11.3 Å². The summed E-state index contributed by atoms with van der Waals surface area (Å²) >= 11 is 0. The number of nitriles is 1. The number of para-hydroxylation sites is 1. The minimum absolute atomic E-state index is 0.525. The SMILES string of the molecule is N#Cc1ccccc1Cn1nc(-c2ncccn2)c2ccccc21. The van der Waals surface area contributed by atoms with Crippen LogP contribution in [0.15, 0.2) is 67.0 Å². The van der Waals surface area contributed by atoms with Crippen molar-refractivity contribution in [1.29, 1.82) is 5.26 Å². The third-order valence-electron chi connectivity index (χ3n) is 3.89. The first-order valence-corrected chi connectivity index (χ1v) is 7.58. The summed E-state index contributed by atoms with van der Waals surface area (Å²) in [7, 11) is 0. The maximum Gasteiger partial charge on any atom is 0.180 e. The maximum atomic E-state index is 9.29. The Hall–Kier alpha value is -3.52. The summed E-state index contributed by atoms with van der Waals surface area (Å²) in [5.41, 5.74) is 3.34. The molecular formula is C19H13N5. The number of nitrogens with zero attached hydrogens (tertiary/aromatic N) is 5. The minimum atomic E-state index is 0.525. The molecule has 5 heteroatoms. The molecule has 4 aromatic rings. The van der Waals surface area contributed by atoms with Crippen LogP contribution in [0.2, 0.25) is 0 Å². The van der Waals surface area contributed by atoms with Gasteiger partial charge in [0.1, 0.15) is 5.69 Å². The molecule has 0 bridgehead atoms. The molecule has 0 aliphatic heterocycles. The lowest BCUT2D eigenvalue weighted by molar-refractivity contribution is 0.712. The van der Waals surface area contributed by atoms with Gasteiger partial charge in [0.15, 0.2) is 5.82 Å². The van der Waals surface area contributed by atoms with E-state index in [0.29, 0.717) is 17.9 Å². The van der Waals surface area contributed by atoms with E-state index in [9.17, 15) is 5.26 Å². The maximum absolute atomic E-state index is 9.29. The lowest BCUT2D eigenvalue weighted by atomic mass is 10.1. The van der Waals surface area contributed by atoms with Crippen molar-refractivity contribution in [2.24, 2.45) is 0 Å². The largest absolute Gasteiger partial charge is 0.260 e. The highest BCUT2D eigenvalue weighted by Crippen LogP contribution is 2.26. The molecule has 0 unspecified atom stereocenters. The fraction of sp³-hybridized carbons (Fsp3) is 0.0526. The van der Waals surface area contributed by atoms with Crippen LogP contribution in [0.3, 0.4) is 0 Å². The minimum Gasteiger partial charge on any atom is -0.260 e. The summed E-state index contributed by atoms with van der Waals surface area (Å²) in [6.07, 6.45) is 3.42. The van der Waals surface area contributed by atoms with Crippen LogP contribution < -0.4 is 0 Å². The second-order valence-corrected chi connectivity index (χ2v) is 5.36. The Morgan fingerprint density at radius 2 is 1.67 bits per heavy atom. The molecular weight excluding hydrogens is 298 g/mol. The van der Waals surface area contributed by atoms with E-state index >= 15 is 0 Å². The molecule has 0 saturated heterocycles. The summed E-state index contributed by atoms with van der Waals surface area (Å²) in [6, 6.07) is 19.6. The van der Waals surface area contributed by atoms with Gasteiger partial charge in [-0.05, 0) is 23.8 Å². The van der Waals surface area contributed by atoms with Gasteiger partial charge in [-0.25, -0.2) is 9.97 Å². The van der Waals surface area contributed by atoms with Crippen molar-refractivity contribution >= 4 is 10.9 Å². The third kappa shape index (κ3) is 2.40. The van der Waals surface area contributed by atoms with E-state index in [1.54, 1.807) is 18.5 Å². The number of hydrogen-bond acceptors (Lipinski definition) is 4. The van der Waals surface area contributed by atoms with Crippen molar-refractivity contribution in [3.8, 4) is 17.6 Å². The number of rotatable bonds is 3. The Labute approximate surface area is 138 Å². The van der Waals surface area contributed by atoms with E-state index in [2.05, 4.69) is 16.0 Å². The number of hydrogen-bond donors (Lipinski definition) is 0. The first-order valence-electron chi connectivity index (χ1n) is 7.58. The van der Waals surface area contributed by atoms with Crippen LogP contribution in [-0.4, -0.2) is 19.7 Å². The molecule has 0 saturated carbocycles. The third-order valence-corrected chi connectivity index (χ3v) is 3.89. The molecule has 0 amide bonds. The summed E-state index contributed by atoms with van der Waals surface area (Å²) in [5.74, 6) is 0.598. The quantitative estimate of drug-likeness (QED) is 0.581. The van der Waals surface area contributed by atoms with Gasteiger partial charge in [-0.15, -0.1) is 0 Å². The fourth-order valence-corrected chi connectivity index (χ4v) is 2.76. The van der Waals surface area contributed by atoms with Crippen LogP contribution in [0.5, 0.6) is 0 Å². The van der Waals surface area contributed by atoms with Gasteiger partial charge in [-0.3, -0.25) is 4.68 Å². The van der Waals surface area contributed by atoms with Gasteiger partial charge in [0.05, 0.1) is 23.7 Å². The standard InChI is InChI=1S/C19H13N5/c20-12-14-6-1-2-7-15(14)13-24-17-9-4-3-8-16(17)18(23-24)19-21-10-5-11-22-19/h1-11H,13H2. The zero-order valence-corrected chi connectivity index (χ0v) is 12.8. The molecule has 24 heavy (non-hydrogen) atoms. The predicted octanol–water partition coefficient (Wildman–Crippen LogP) is 3.41.